The van der Waals surface area contributed by atoms with Crippen molar-refractivity contribution in [3.05, 3.63) is 21.7 Å². The zero-order valence-corrected chi connectivity index (χ0v) is 16.0. The first kappa shape index (κ1) is 21.5. The molecule has 1 rings (SSSR count). The number of H-pyrrole nitrogens is 1. The predicted molar refractivity (Wildman–Crippen MR) is 100 cm³/mol. The Kier molecular flexibility index (Phi) is 11.8. The number of rotatable bonds is 15. The van der Waals surface area contributed by atoms with Crippen LogP contribution in [-0.4, -0.2) is 17.7 Å². The molecule has 25 heavy (non-hydrogen) atoms. The van der Waals surface area contributed by atoms with E-state index in [9.17, 15) is 9.59 Å². The highest BCUT2D eigenvalue weighted by atomic mass is 16.6. The Balaban J connectivity index is 2.08. The van der Waals surface area contributed by atoms with E-state index in [4.69, 9.17) is 9.26 Å². The van der Waals surface area contributed by atoms with Gasteiger partial charge in [0.2, 0.25) is 5.76 Å². The van der Waals surface area contributed by atoms with Gasteiger partial charge in [-0.2, -0.15) is 5.16 Å². The van der Waals surface area contributed by atoms with Crippen molar-refractivity contribution >= 4 is 5.97 Å². The second-order valence-corrected chi connectivity index (χ2v) is 6.70. The Morgan fingerprint density at radius 1 is 0.880 bits per heavy atom. The van der Waals surface area contributed by atoms with Gasteiger partial charge in [-0.15, -0.1) is 0 Å². The van der Waals surface area contributed by atoms with Crippen molar-refractivity contribution < 1.29 is 14.1 Å². The third-order valence-corrected chi connectivity index (χ3v) is 4.54. The molecule has 0 radical (unpaired) electrons. The van der Waals surface area contributed by atoms with Crippen molar-refractivity contribution in [1.29, 1.82) is 0 Å². The van der Waals surface area contributed by atoms with Crippen LogP contribution < -0.4 is 5.56 Å². The largest absolute Gasteiger partial charge is 0.460 e. The fourth-order valence-corrected chi connectivity index (χ4v) is 3.06. The summed E-state index contributed by atoms with van der Waals surface area (Å²) in [6.07, 6.45) is 15.8. The van der Waals surface area contributed by atoms with Gasteiger partial charge in [0, 0.05) is 0 Å². The fourth-order valence-electron chi connectivity index (χ4n) is 3.06. The minimum Gasteiger partial charge on any atom is -0.460 e. The number of hydrogen-bond donors (Lipinski definition) is 1. The van der Waals surface area contributed by atoms with E-state index in [0.29, 0.717) is 12.0 Å². The molecular weight excluding hydrogens is 318 g/mol. The van der Waals surface area contributed by atoms with Gasteiger partial charge < -0.3 is 9.26 Å². The van der Waals surface area contributed by atoms with Gasteiger partial charge in [0.05, 0.1) is 12.2 Å². The van der Waals surface area contributed by atoms with Crippen molar-refractivity contribution in [2.45, 2.75) is 97.3 Å². The van der Waals surface area contributed by atoms with Crippen LogP contribution in [0.5, 0.6) is 0 Å². The van der Waals surface area contributed by atoms with Gasteiger partial charge >= 0.3 is 5.97 Å². The first-order valence-electron chi connectivity index (χ1n) is 10.1. The summed E-state index contributed by atoms with van der Waals surface area (Å²) in [7, 11) is 0. The van der Waals surface area contributed by atoms with Gasteiger partial charge in [0.25, 0.3) is 5.56 Å². The zero-order valence-electron chi connectivity index (χ0n) is 16.0. The molecule has 0 saturated carbocycles. The van der Waals surface area contributed by atoms with E-state index < -0.39 is 5.97 Å². The van der Waals surface area contributed by atoms with E-state index in [-0.39, 0.29) is 17.9 Å². The van der Waals surface area contributed by atoms with Crippen LogP contribution in [0, 0.1) is 0 Å². The number of nitrogens with one attached hydrogen (secondary N) is 1. The van der Waals surface area contributed by atoms with Gasteiger partial charge in [0.1, 0.15) is 0 Å². The van der Waals surface area contributed by atoms with Crippen LogP contribution >= 0.6 is 0 Å². The van der Waals surface area contributed by atoms with E-state index >= 15 is 0 Å². The molecule has 0 saturated heterocycles. The molecule has 0 bridgehead atoms. The molecule has 1 aromatic rings. The minimum atomic E-state index is -0.560. The van der Waals surface area contributed by atoms with Crippen LogP contribution in [-0.2, 0) is 11.2 Å². The molecular formula is C20H35NO4. The molecule has 1 N–H and O–H groups in total. The summed E-state index contributed by atoms with van der Waals surface area (Å²) in [6.45, 7) is 4.25. The fraction of sp³-hybridized carbons (Fsp3) is 0.800. The molecule has 0 amide bonds. The highest BCUT2D eigenvalue weighted by Crippen LogP contribution is 2.14. The van der Waals surface area contributed by atoms with E-state index in [1.807, 2.05) is 0 Å². The lowest BCUT2D eigenvalue weighted by Crippen LogP contribution is -2.11. The number of carbonyl (C=O) groups is 1. The van der Waals surface area contributed by atoms with Crippen LogP contribution in [0.25, 0.3) is 0 Å². The van der Waals surface area contributed by atoms with Crippen molar-refractivity contribution in [1.82, 2.24) is 5.16 Å². The Morgan fingerprint density at radius 2 is 1.40 bits per heavy atom. The first-order valence-corrected chi connectivity index (χ1v) is 10.1. The van der Waals surface area contributed by atoms with Crippen molar-refractivity contribution in [3.8, 4) is 0 Å². The smallest absolute Gasteiger partial charge is 0.377 e. The lowest BCUT2D eigenvalue weighted by atomic mass is 10.0. The van der Waals surface area contributed by atoms with E-state index in [1.165, 1.54) is 64.2 Å². The van der Waals surface area contributed by atoms with Crippen molar-refractivity contribution in [3.63, 3.8) is 0 Å². The summed E-state index contributed by atoms with van der Waals surface area (Å²) in [5.74, 6) is -0.523. The second kappa shape index (κ2) is 13.7. The molecule has 144 valence electrons. The molecule has 1 heterocycles. The van der Waals surface area contributed by atoms with Gasteiger partial charge in [-0.3, -0.25) is 4.79 Å². The van der Waals surface area contributed by atoms with Crippen LogP contribution in [0.3, 0.4) is 0 Å². The summed E-state index contributed by atoms with van der Waals surface area (Å²) >= 11 is 0. The van der Waals surface area contributed by atoms with Gasteiger partial charge in [0.15, 0.2) is 0 Å². The quantitative estimate of drug-likeness (QED) is 0.339. The maximum Gasteiger partial charge on any atom is 0.377 e. The molecule has 0 aliphatic heterocycles. The molecule has 0 aliphatic carbocycles. The zero-order chi connectivity index (χ0) is 18.3. The Bertz CT molecular complexity index is 518. The molecule has 0 unspecified atom stereocenters. The molecule has 0 aromatic carbocycles. The number of carbonyl (C=O) groups excluding carboxylic acids is 1. The number of aromatic nitrogens is 1. The lowest BCUT2D eigenvalue weighted by Gasteiger charge is -2.03. The van der Waals surface area contributed by atoms with E-state index in [0.717, 1.165) is 12.8 Å². The monoisotopic (exact) mass is 353 g/mol. The lowest BCUT2D eigenvalue weighted by molar-refractivity contribution is 0.0478. The maximum atomic E-state index is 11.7. The van der Waals surface area contributed by atoms with E-state index in [2.05, 4.69) is 12.1 Å². The van der Waals surface area contributed by atoms with Crippen LogP contribution in [0.1, 0.15) is 107 Å². The van der Waals surface area contributed by atoms with Crippen LogP contribution in [0.15, 0.2) is 9.32 Å². The molecule has 0 atom stereocenters. The molecule has 5 nitrogen and oxygen atoms in total. The number of unbranched alkanes of at least 4 members (excludes halogenated alkanes) is 11. The average Bonchev–Trinajstić information content (AvgIpc) is 2.97. The summed E-state index contributed by atoms with van der Waals surface area (Å²) in [6, 6.07) is 0. The number of hydrogen-bond acceptors (Lipinski definition) is 4. The number of ether oxygens (including phenoxy) is 1. The molecule has 5 heteroatoms. The van der Waals surface area contributed by atoms with Crippen LogP contribution in [0.4, 0.5) is 0 Å². The second-order valence-electron chi connectivity index (χ2n) is 6.70. The molecule has 1 aromatic heterocycles. The van der Waals surface area contributed by atoms with Crippen molar-refractivity contribution in [2.24, 2.45) is 0 Å². The highest BCUT2D eigenvalue weighted by Gasteiger charge is 2.20. The summed E-state index contributed by atoms with van der Waals surface area (Å²) < 4.78 is 9.86. The van der Waals surface area contributed by atoms with Gasteiger partial charge in [-0.25, -0.2) is 4.79 Å². The summed E-state index contributed by atoms with van der Waals surface area (Å²) in [5, 5.41) is 2.24. The third-order valence-electron chi connectivity index (χ3n) is 4.54. The Morgan fingerprint density at radius 3 is 1.92 bits per heavy atom. The van der Waals surface area contributed by atoms with Crippen LogP contribution in [0.2, 0.25) is 0 Å². The topological polar surface area (TPSA) is 72.3 Å². The Hall–Kier alpha value is -1.52. The molecule has 0 aliphatic rings. The predicted octanol–water partition coefficient (Wildman–Crippen LogP) is 5.39. The summed E-state index contributed by atoms with van der Waals surface area (Å²) in [4.78, 5) is 23.4. The standard InChI is InChI=1S/C20H35NO4/c1-3-5-6-7-8-9-10-11-12-13-14-15-16-17-18(20(23)24-4-2)25-21-19(17)22/h3-16H2,1-2H3,(H,21,22). The molecule has 0 fully saturated rings. The SMILES string of the molecule is CCCCCCCCCCCCCCc1c(C(=O)OCC)o[nH]c1=O. The number of aromatic amines is 1. The third kappa shape index (κ3) is 8.94. The highest BCUT2D eigenvalue weighted by molar-refractivity contribution is 5.87. The van der Waals surface area contributed by atoms with Gasteiger partial charge in [-0.05, 0) is 19.8 Å². The minimum absolute atomic E-state index is 0.0370. The summed E-state index contributed by atoms with van der Waals surface area (Å²) in [5.41, 5.74) is 0.108. The molecule has 0 spiro atoms. The normalized spacial score (nSPS) is 11.0. The van der Waals surface area contributed by atoms with Gasteiger partial charge in [-0.1, -0.05) is 77.6 Å². The van der Waals surface area contributed by atoms with Crippen molar-refractivity contribution in [2.75, 3.05) is 6.61 Å². The number of esters is 1. The Labute approximate surface area is 151 Å². The first-order chi connectivity index (χ1) is 12.2. The maximum absolute atomic E-state index is 11.7. The van der Waals surface area contributed by atoms with E-state index in [1.54, 1.807) is 6.92 Å². The average molecular weight is 354 g/mol.